The molecule has 0 saturated carbocycles. The van der Waals surface area contributed by atoms with E-state index in [1.54, 1.807) is 30.1 Å². The van der Waals surface area contributed by atoms with Gasteiger partial charge in [-0.05, 0) is 18.2 Å². The van der Waals surface area contributed by atoms with Crippen LogP contribution in [0.4, 0.5) is 5.69 Å². The molecule has 0 radical (unpaired) electrons. The van der Waals surface area contributed by atoms with E-state index in [1.807, 2.05) is 0 Å². The molecule has 2 aromatic heterocycles. The van der Waals surface area contributed by atoms with Crippen LogP contribution >= 0.6 is 0 Å². The molecular weight excluding hydrogens is 274 g/mol. The molecule has 0 saturated heterocycles. The summed E-state index contributed by atoms with van der Waals surface area (Å²) in [7, 11) is 1.74. The number of carboxylic acids is 1. The van der Waals surface area contributed by atoms with Gasteiger partial charge in [-0.3, -0.25) is 14.6 Å². The number of fused-ring (bicyclic) bond motifs is 1. The van der Waals surface area contributed by atoms with Gasteiger partial charge in [0.2, 0.25) is 0 Å². The van der Waals surface area contributed by atoms with Crippen LogP contribution in [0.5, 0.6) is 0 Å². The molecule has 0 fully saturated rings. The van der Waals surface area contributed by atoms with E-state index < -0.39 is 5.97 Å². The monoisotopic (exact) mass is 285 g/mol. The molecule has 2 heterocycles. The van der Waals surface area contributed by atoms with Crippen LogP contribution in [0, 0.1) is 0 Å². The lowest BCUT2D eigenvalue weighted by Gasteiger charge is -2.02. The van der Waals surface area contributed by atoms with E-state index >= 15 is 0 Å². The molecular formula is C13H11N5O3. The standard InChI is InChI=1S/C13H11N5O3/c1-18-6-8(5-14-18)15-12(19)7-2-3-10-9(4-7)11(13(20)21)17-16-10/h2-6H,1H3,(H,15,19)(H,16,17)(H,20,21). The maximum absolute atomic E-state index is 12.1. The second-order valence-corrected chi connectivity index (χ2v) is 4.49. The van der Waals surface area contributed by atoms with Gasteiger partial charge in [0.1, 0.15) is 0 Å². The molecule has 1 aromatic carbocycles. The molecule has 3 rings (SSSR count). The number of carbonyl (C=O) groups excluding carboxylic acids is 1. The van der Waals surface area contributed by atoms with E-state index in [0.717, 1.165) is 0 Å². The largest absolute Gasteiger partial charge is 0.476 e. The first-order chi connectivity index (χ1) is 10.0. The number of carboxylic acid groups (broad SMARTS) is 1. The number of aryl methyl sites for hydroxylation is 1. The molecule has 3 N–H and O–H groups in total. The molecule has 8 heteroatoms. The summed E-state index contributed by atoms with van der Waals surface area (Å²) < 4.78 is 1.57. The van der Waals surface area contributed by atoms with Crippen molar-refractivity contribution in [1.82, 2.24) is 20.0 Å². The van der Waals surface area contributed by atoms with Crippen LogP contribution in [0.15, 0.2) is 30.6 Å². The number of aromatic carboxylic acids is 1. The number of hydrogen-bond acceptors (Lipinski definition) is 4. The maximum atomic E-state index is 12.1. The van der Waals surface area contributed by atoms with Crippen LogP contribution in [0.25, 0.3) is 10.9 Å². The van der Waals surface area contributed by atoms with E-state index in [2.05, 4.69) is 20.6 Å². The predicted octanol–water partition coefficient (Wildman–Crippen LogP) is 1.25. The second-order valence-electron chi connectivity index (χ2n) is 4.49. The summed E-state index contributed by atoms with van der Waals surface area (Å²) in [6.07, 6.45) is 3.19. The molecule has 21 heavy (non-hydrogen) atoms. The summed E-state index contributed by atoms with van der Waals surface area (Å²) in [4.78, 5) is 23.2. The quantitative estimate of drug-likeness (QED) is 0.670. The zero-order valence-electron chi connectivity index (χ0n) is 11.0. The number of rotatable bonds is 3. The van der Waals surface area contributed by atoms with Crippen LogP contribution in [0.3, 0.4) is 0 Å². The van der Waals surface area contributed by atoms with E-state index in [0.29, 0.717) is 22.2 Å². The highest BCUT2D eigenvalue weighted by Crippen LogP contribution is 2.18. The summed E-state index contributed by atoms with van der Waals surface area (Å²) >= 11 is 0. The molecule has 3 aromatic rings. The Bertz CT molecular complexity index is 848. The number of carbonyl (C=O) groups is 2. The van der Waals surface area contributed by atoms with Crippen molar-refractivity contribution in [3.05, 3.63) is 41.9 Å². The van der Waals surface area contributed by atoms with Crippen molar-refractivity contribution in [3.8, 4) is 0 Å². The number of anilines is 1. The van der Waals surface area contributed by atoms with Crippen molar-refractivity contribution in [2.45, 2.75) is 0 Å². The Kier molecular flexibility index (Phi) is 2.90. The van der Waals surface area contributed by atoms with Crippen molar-refractivity contribution in [2.24, 2.45) is 7.05 Å². The summed E-state index contributed by atoms with van der Waals surface area (Å²) in [5.74, 6) is -1.49. The van der Waals surface area contributed by atoms with Crippen LogP contribution < -0.4 is 5.32 Å². The fourth-order valence-corrected chi connectivity index (χ4v) is 2.01. The summed E-state index contributed by atoms with van der Waals surface area (Å²) in [5.41, 5.74) is 1.36. The third-order valence-corrected chi connectivity index (χ3v) is 2.99. The number of aromatic nitrogens is 4. The van der Waals surface area contributed by atoms with Crippen LogP contribution in [0.2, 0.25) is 0 Å². The van der Waals surface area contributed by atoms with E-state index in [-0.39, 0.29) is 11.6 Å². The number of amides is 1. The molecule has 0 atom stereocenters. The second kappa shape index (κ2) is 4.75. The van der Waals surface area contributed by atoms with Gasteiger partial charge in [0, 0.05) is 24.2 Å². The highest BCUT2D eigenvalue weighted by atomic mass is 16.4. The van der Waals surface area contributed by atoms with Gasteiger partial charge < -0.3 is 10.4 Å². The van der Waals surface area contributed by atoms with Crippen molar-refractivity contribution in [1.29, 1.82) is 0 Å². The Labute approximate surface area is 118 Å². The van der Waals surface area contributed by atoms with Crippen molar-refractivity contribution in [3.63, 3.8) is 0 Å². The van der Waals surface area contributed by atoms with Crippen LogP contribution in [-0.2, 0) is 7.05 Å². The first-order valence-corrected chi connectivity index (χ1v) is 6.06. The number of hydrogen-bond donors (Lipinski definition) is 3. The fourth-order valence-electron chi connectivity index (χ4n) is 2.01. The Morgan fingerprint density at radius 3 is 2.86 bits per heavy atom. The third-order valence-electron chi connectivity index (χ3n) is 2.99. The molecule has 0 aliphatic carbocycles. The molecule has 1 amide bonds. The summed E-state index contributed by atoms with van der Waals surface area (Å²) in [6.45, 7) is 0. The normalized spacial score (nSPS) is 10.7. The van der Waals surface area contributed by atoms with Gasteiger partial charge in [0.15, 0.2) is 5.69 Å². The number of benzene rings is 1. The van der Waals surface area contributed by atoms with Crippen LogP contribution in [0.1, 0.15) is 20.8 Å². The SMILES string of the molecule is Cn1cc(NC(=O)c2ccc3[nH]nc(C(=O)O)c3c2)cn1. The van der Waals surface area contributed by atoms with Gasteiger partial charge in [-0.1, -0.05) is 0 Å². The minimum Gasteiger partial charge on any atom is -0.476 e. The zero-order chi connectivity index (χ0) is 15.0. The van der Waals surface area contributed by atoms with Gasteiger partial charge in [-0.2, -0.15) is 10.2 Å². The molecule has 0 aliphatic heterocycles. The van der Waals surface area contributed by atoms with Gasteiger partial charge in [-0.25, -0.2) is 4.79 Å². The molecule has 8 nitrogen and oxygen atoms in total. The number of nitrogens with one attached hydrogen (secondary N) is 2. The predicted molar refractivity (Wildman–Crippen MR) is 74.2 cm³/mol. The molecule has 0 bridgehead atoms. The van der Waals surface area contributed by atoms with Gasteiger partial charge in [0.05, 0.1) is 17.4 Å². The average molecular weight is 285 g/mol. The number of nitrogens with zero attached hydrogens (tertiary/aromatic N) is 3. The third kappa shape index (κ3) is 2.34. The minimum atomic E-state index is -1.15. The number of H-pyrrole nitrogens is 1. The lowest BCUT2D eigenvalue weighted by Crippen LogP contribution is -2.11. The lowest BCUT2D eigenvalue weighted by atomic mass is 10.1. The first kappa shape index (κ1) is 12.9. The van der Waals surface area contributed by atoms with E-state index in [4.69, 9.17) is 5.11 Å². The summed E-state index contributed by atoms with van der Waals surface area (Å²) in [5, 5.41) is 22.4. The Morgan fingerprint density at radius 2 is 2.19 bits per heavy atom. The van der Waals surface area contributed by atoms with Gasteiger partial charge >= 0.3 is 5.97 Å². The van der Waals surface area contributed by atoms with Crippen LogP contribution in [-0.4, -0.2) is 37.0 Å². The summed E-state index contributed by atoms with van der Waals surface area (Å²) in [6, 6.07) is 4.71. The molecule has 0 spiro atoms. The Balaban J connectivity index is 1.94. The van der Waals surface area contributed by atoms with Crippen molar-refractivity contribution < 1.29 is 14.7 Å². The fraction of sp³-hybridized carbons (Fsp3) is 0.0769. The highest BCUT2D eigenvalue weighted by Gasteiger charge is 2.15. The average Bonchev–Trinajstić information content (AvgIpc) is 3.04. The van der Waals surface area contributed by atoms with E-state index in [9.17, 15) is 9.59 Å². The van der Waals surface area contributed by atoms with E-state index in [1.165, 1.54) is 12.3 Å². The maximum Gasteiger partial charge on any atom is 0.357 e. The molecule has 0 unspecified atom stereocenters. The topological polar surface area (TPSA) is 113 Å². The van der Waals surface area contributed by atoms with Gasteiger partial charge in [0.25, 0.3) is 5.91 Å². The smallest absolute Gasteiger partial charge is 0.357 e. The van der Waals surface area contributed by atoms with Gasteiger partial charge in [-0.15, -0.1) is 0 Å². The number of aromatic amines is 1. The molecule has 106 valence electrons. The molecule has 0 aliphatic rings. The minimum absolute atomic E-state index is 0.110. The highest BCUT2D eigenvalue weighted by molar-refractivity contribution is 6.08. The zero-order valence-corrected chi connectivity index (χ0v) is 11.0. The van der Waals surface area contributed by atoms with Crippen molar-refractivity contribution in [2.75, 3.05) is 5.32 Å². The lowest BCUT2D eigenvalue weighted by molar-refractivity contribution is 0.0692. The Morgan fingerprint density at radius 1 is 1.38 bits per heavy atom. The van der Waals surface area contributed by atoms with Crippen molar-refractivity contribution >= 4 is 28.5 Å². The Hall–Kier alpha value is -3.16. The first-order valence-electron chi connectivity index (χ1n) is 6.06.